The first-order valence-corrected chi connectivity index (χ1v) is 8.29. The number of aryl methyl sites for hydroxylation is 1. The maximum absolute atomic E-state index is 12.1. The van der Waals surface area contributed by atoms with Gasteiger partial charge in [-0.3, -0.25) is 14.8 Å². The van der Waals surface area contributed by atoms with Crippen LogP contribution in [-0.4, -0.2) is 25.8 Å². The minimum atomic E-state index is -1.07. The number of nitrogens with zero attached hydrogens (tertiary/aromatic N) is 3. The summed E-state index contributed by atoms with van der Waals surface area (Å²) in [6, 6.07) is 6.11. The molecule has 1 atom stereocenters. The molecule has 0 bridgehead atoms. The van der Waals surface area contributed by atoms with Crippen molar-refractivity contribution in [2.45, 2.75) is 12.8 Å². The van der Waals surface area contributed by atoms with Gasteiger partial charge in [0.15, 0.2) is 0 Å². The molecule has 1 aromatic heterocycles. The lowest BCUT2D eigenvalue weighted by Crippen LogP contribution is -2.23. The van der Waals surface area contributed by atoms with Crippen LogP contribution < -0.4 is 5.32 Å². The van der Waals surface area contributed by atoms with Crippen molar-refractivity contribution >= 4 is 23.0 Å². The molecule has 2 heterocycles. The lowest BCUT2D eigenvalue weighted by atomic mass is 9.80. The van der Waals surface area contributed by atoms with E-state index in [-0.39, 0.29) is 11.3 Å². The van der Waals surface area contributed by atoms with Gasteiger partial charge in [-0.2, -0.15) is 5.10 Å². The van der Waals surface area contributed by atoms with Gasteiger partial charge in [-0.05, 0) is 12.5 Å². The van der Waals surface area contributed by atoms with E-state index in [4.69, 9.17) is 0 Å². The number of allylic oxidation sites excluding steroid dienone is 5. The van der Waals surface area contributed by atoms with Gasteiger partial charge in [0, 0.05) is 41.9 Å². The Bertz CT molecular complexity index is 1090. The molecule has 1 aliphatic carbocycles. The van der Waals surface area contributed by atoms with Crippen LogP contribution in [0.5, 0.6) is 0 Å². The van der Waals surface area contributed by atoms with E-state index in [1.54, 1.807) is 30.8 Å². The highest BCUT2D eigenvalue weighted by molar-refractivity contribution is 5.95. The van der Waals surface area contributed by atoms with Crippen LogP contribution in [0.1, 0.15) is 29.7 Å². The fraction of sp³-hybridized carbons (Fsp3) is 0.158. The Hall–Kier alpha value is -3.68. The smallest absolute Gasteiger partial charge is 0.334 e. The number of rotatable bonds is 4. The molecule has 0 amide bonds. The van der Waals surface area contributed by atoms with Crippen LogP contribution in [0.2, 0.25) is 0 Å². The van der Waals surface area contributed by atoms with Gasteiger partial charge in [0.25, 0.3) is 5.69 Å². The highest BCUT2D eigenvalue weighted by Crippen LogP contribution is 2.46. The summed E-state index contributed by atoms with van der Waals surface area (Å²) in [7, 11) is 1.78. The van der Waals surface area contributed by atoms with Crippen molar-refractivity contribution in [3.8, 4) is 0 Å². The Kier molecular flexibility index (Phi) is 3.69. The van der Waals surface area contributed by atoms with E-state index in [0.717, 1.165) is 5.57 Å². The predicted molar refractivity (Wildman–Crippen MR) is 99.2 cm³/mol. The largest absolute Gasteiger partial charge is 0.478 e. The number of hydrogen-bond acceptors (Lipinski definition) is 5. The Morgan fingerprint density at radius 1 is 1.41 bits per heavy atom. The number of aromatic nitrogens is 2. The second-order valence-electron chi connectivity index (χ2n) is 6.47. The van der Waals surface area contributed by atoms with Crippen LogP contribution in [0.4, 0.5) is 11.5 Å². The number of nitro groups is 1. The van der Waals surface area contributed by atoms with E-state index in [0.29, 0.717) is 28.3 Å². The summed E-state index contributed by atoms with van der Waals surface area (Å²) in [6.07, 6.45) is 5.69. The van der Waals surface area contributed by atoms with Crippen LogP contribution in [0.15, 0.2) is 53.8 Å². The standard InChI is InChI=1S/C19H16N4O4/c1-10-14(19(24)25)15(12-7-4-8-13(9-12)23(26)27)16-17(11-5-3-6-11)21-22(2)18(16)20-10/h3-9,15,20H,1-2H3,(H,24,25). The van der Waals surface area contributed by atoms with E-state index in [1.165, 1.54) is 12.1 Å². The minimum absolute atomic E-state index is 0.0804. The molecule has 2 aromatic rings. The number of carboxylic acid groups (broad SMARTS) is 1. The number of carbonyl (C=O) groups is 1. The summed E-state index contributed by atoms with van der Waals surface area (Å²) in [5.74, 6) is -1.06. The van der Waals surface area contributed by atoms with Crippen molar-refractivity contribution in [3.05, 3.63) is 80.7 Å². The van der Waals surface area contributed by atoms with Crippen molar-refractivity contribution in [3.63, 3.8) is 0 Å². The molecule has 8 nitrogen and oxygen atoms in total. The lowest BCUT2D eigenvalue weighted by molar-refractivity contribution is -0.384. The lowest BCUT2D eigenvalue weighted by Gasteiger charge is -2.28. The summed E-state index contributed by atoms with van der Waals surface area (Å²) in [5, 5.41) is 28.8. The molecule has 136 valence electrons. The number of hydrogen-bond donors (Lipinski definition) is 2. The van der Waals surface area contributed by atoms with Crippen LogP contribution in [-0.2, 0) is 11.8 Å². The number of non-ortho nitro benzene ring substituents is 1. The van der Waals surface area contributed by atoms with Crippen molar-refractivity contribution in [1.82, 2.24) is 9.78 Å². The number of aliphatic carboxylic acids is 1. The van der Waals surface area contributed by atoms with Gasteiger partial charge in [0.2, 0.25) is 0 Å². The average Bonchev–Trinajstić information content (AvgIpc) is 2.88. The third-order valence-electron chi connectivity index (χ3n) is 4.84. The van der Waals surface area contributed by atoms with Crippen molar-refractivity contribution in [2.75, 3.05) is 5.32 Å². The zero-order valence-corrected chi connectivity index (χ0v) is 14.6. The molecule has 0 spiro atoms. The third-order valence-corrected chi connectivity index (χ3v) is 4.84. The molecule has 0 saturated heterocycles. The second kappa shape index (κ2) is 5.94. The van der Waals surface area contributed by atoms with Gasteiger partial charge in [-0.15, -0.1) is 0 Å². The van der Waals surface area contributed by atoms with Gasteiger partial charge in [-0.1, -0.05) is 30.4 Å². The number of fused-ring (bicyclic) bond motifs is 1. The maximum atomic E-state index is 12.1. The molecule has 27 heavy (non-hydrogen) atoms. The minimum Gasteiger partial charge on any atom is -0.478 e. The number of nitrogens with one attached hydrogen (secondary N) is 1. The summed E-state index contributed by atoms with van der Waals surface area (Å²) >= 11 is 0. The Morgan fingerprint density at radius 3 is 2.74 bits per heavy atom. The summed E-state index contributed by atoms with van der Waals surface area (Å²) in [4.78, 5) is 22.8. The fourth-order valence-corrected chi connectivity index (χ4v) is 3.57. The first kappa shape index (κ1) is 16.8. The van der Waals surface area contributed by atoms with Gasteiger partial charge < -0.3 is 10.4 Å². The van der Waals surface area contributed by atoms with E-state index < -0.39 is 16.8 Å². The summed E-state index contributed by atoms with van der Waals surface area (Å²) < 4.78 is 1.67. The molecule has 2 aliphatic rings. The van der Waals surface area contributed by atoms with Gasteiger partial charge in [0.05, 0.1) is 16.2 Å². The first-order chi connectivity index (χ1) is 12.9. The molecule has 1 aliphatic heterocycles. The van der Waals surface area contributed by atoms with Gasteiger partial charge >= 0.3 is 5.97 Å². The molecule has 2 N–H and O–H groups in total. The number of carboxylic acids is 1. The number of anilines is 1. The molecular formula is C19H16N4O4. The number of benzene rings is 1. The zero-order chi connectivity index (χ0) is 19.3. The SMILES string of the molecule is CC1=C(C(=O)O)C(c2cccc([N+](=O)[O-])c2)c2c(C3=CC=C3)nn(C)c2N1. The molecule has 0 saturated carbocycles. The molecule has 1 unspecified atom stereocenters. The van der Waals surface area contributed by atoms with E-state index in [1.807, 2.05) is 18.2 Å². The van der Waals surface area contributed by atoms with Crippen LogP contribution in [0.25, 0.3) is 5.57 Å². The van der Waals surface area contributed by atoms with E-state index in [2.05, 4.69) is 10.4 Å². The van der Waals surface area contributed by atoms with E-state index in [9.17, 15) is 20.0 Å². The quantitative estimate of drug-likeness (QED) is 0.637. The Balaban J connectivity index is 1.99. The first-order valence-electron chi connectivity index (χ1n) is 8.29. The molecule has 0 fully saturated rings. The molecule has 1 aromatic carbocycles. The topological polar surface area (TPSA) is 110 Å². The van der Waals surface area contributed by atoms with Crippen LogP contribution in [0, 0.1) is 10.1 Å². The average molecular weight is 364 g/mol. The molecule has 0 radical (unpaired) electrons. The fourth-order valence-electron chi connectivity index (χ4n) is 3.57. The van der Waals surface area contributed by atoms with Crippen molar-refractivity contribution < 1.29 is 14.8 Å². The predicted octanol–water partition coefficient (Wildman–Crippen LogP) is 3.20. The second-order valence-corrected chi connectivity index (χ2v) is 6.47. The molecule has 4 rings (SSSR count). The summed E-state index contributed by atoms with van der Waals surface area (Å²) in [6.45, 7) is 1.69. The van der Waals surface area contributed by atoms with Gasteiger partial charge in [0.1, 0.15) is 5.82 Å². The van der Waals surface area contributed by atoms with Gasteiger partial charge in [-0.25, -0.2) is 4.79 Å². The Morgan fingerprint density at radius 2 is 2.15 bits per heavy atom. The van der Waals surface area contributed by atoms with Crippen LogP contribution >= 0.6 is 0 Å². The highest BCUT2D eigenvalue weighted by Gasteiger charge is 2.38. The third kappa shape index (κ3) is 2.53. The molecular weight excluding hydrogens is 348 g/mol. The van der Waals surface area contributed by atoms with Crippen molar-refractivity contribution in [1.29, 1.82) is 0 Å². The normalized spacial score (nSPS) is 17.7. The zero-order valence-electron chi connectivity index (χ0n) is 14.6. The number of nitro benzene ring substituents is 1. The van der Waals surface area contributed by atoms with E-state index >= 15 is 0 Å². The van der Waals surface area contributed by atoms with Crippen LogP contribution in [0.3, 0.4) is 0 Å². The van der Waals surface area contributed by atoms with Crippen molar-refractivity contribution in [2.24, 2.45) is 7.05 Å². The monoisotopic (exact) mass is 364 g/mol. The maximum Gasteiger partial charge on any atom is 0.334 e. The molecule has 8 heteroatoms. The summed E-state index contributed by atoms with van der Waals surface area (Å²) in [5.41, 5.74) is 3.38. The Labute approximate surface area is 154 Å². The highest BCUT2D eigenvalue weighted by atomic mass is 16.6.